The Morgan fingerprint density at radius 2 is 0.580 bits per heavy atom. The summed E-state index contributed by atoms with van der Waals surface area (Å²) in [5.41, 5.74) is 5.59. The van der Waals surface area contributed by atoms with E-state index in [4.69, 9.17) is 14.2 Å². The highest BCUT2D eigenvalue weighted by molar-refractivity contribution is 6.34. The summed E-state index contributed by atoms with van der Waals surface area (Å²) in [6, 6.07) is 55.3. The van der Waals surface area contributed by atoms with E-state index in [0.717, 1.165) is 45.3 Å². The fourth-order valence-corrected chi connectivity index (χ4v) is 5.85. The second-order valence-electron chi connectivity index (χ2n) is 11.7. The van der Waals surface area contributed by atoms with Crippen LogP contribution in [-0.4, -0.2) is 11.8 Å². The van der Waals surface area contributed by atoms with Crippen molar-refractivity contribution < 1.29 is 23.8 Å². The van der Waals surface area contributed by atoms with E-state index in [9.17, 15) is 9.59 Å². The lowest BCUT2D eigenvalue weighted by molar-refractivity contribution is 0.0926. The van der Waals surface area contributed by atoms with Gasteiger partial charge in [-0.15, -0.1) is 0 Å². The van der Waals surface area contributed by atoms with Crippen LogP contribution in [0.5, 0.6) is 34.5 Å². The minimum atomic E-state index is -0.322. The lowest BCUT2D eigenvalue weighted by atomic mass is 10.1. The number of ether oxygens (including phenoxy) is 3. The molecule has 1 aliphatic heterocycles. The van der Waals surface area contributed by atoms with Gasteiger partial charge in [-0.3, -0.25) is 9.59 Å². The first kappa shape index (κ1) is 30.4. The van der Waals surface area contributed by atoms with Gasteiger partial charge in [-0.05, 0) is 119 Å². The van der Waals surface area contributed by atoms with Crippen LogP contribution in [0.1, 0.15) is 20.7 Å². The Labute approximate surface area is 289 Å². The summed E-state index contributed by atoms with van der Waals surface area (Å²) in [6.07, 6.45) is 0. The van der Waals surface area contributed by atoms with E-state index in [2.05, 4.69) is 0 Å². The number of rotatable bonds is 9. The molecule has 6 heteroatoms. The molecule has 0 aromatic heterocycles. The third-order valence-electron chi connectivity index (χ3n) is 8.42. The molecule has 50 heavy (non-hydrogen) atoms. The van der Waals surface area contributed by atoms with Crippen molar-refractivity contribution in [3.63, 3.8) is 0 Å². The number of hydrogen-bond donors (Lipinski definition) is 0. The number of fused-ring (bicyclic) bond motifs is 1. The molecule has 0 saturated carbocycles. The maximum absolute atomic E-state index is 12.8. The zero-order chi connectivity index (χ0) is 33.9. The zero-order valence-electron chi connectivity index (χ0n) is 26.7. The van der Waals surface area contributed by atoms with Gasteiger partial charge < -0.3 is 14.2 Å². The normalized spacial score (nSPS) is 12.0. The average Bonchev–Trinajstić information content (AvgIpc) is 3.42. The van der Waals surface area contributed by atoms with Crippen LogP contribution in [0.3, 0.4) is 0 Å². The number of hydrogen-bond acceptors (Lipinski definition) is 5. The van der Waals surface area contributed by atoms with Gasteiger partial charge in [-0.2, -0.15) is 0 Å². The molecule has 0 aliphatic carbocycles. The summed E-state index contributed by atoms with van der Waals surface area (Å²) in [6.45, 7) is 0. The predicted molar refractivity (Wildman–Crippen MR) is 194 cm³/mol. The number of anilines is 1. The molecule has 0 N–H and O–H groups in total. The van der Waals surface area contributed by atoms with E-state index in [1.807, 2.05) is 127 Å². The number of carbonyl (C=O) groups excluding carboxylic acids is 2. The van der Waals surface area contributed by atoms with Gasteiger partial charge in [-0.25, -0.2) is 4.90 Å². The summed E-state index contributed by atoms with van der Waals surface area (Å²) in [5, 5.41) is 0. The molecule has 2 amide bonds. The second kappa shape index (κ2) is 13.3. The molecule has 0 saturated heterocycles. The highest BCUT2D eigenvalue weighted by Crippen LogP contribution is 2.33. The minimum absolute atomic E-state index is 0.322. The van der Waals surface area contributed by atoms with Crippen molar-refractivity contribution in [2.24, 2.45) is 0 Å². The van der Waals surface area contributed by atoms with E-state index in [1.165, 1.54) is 4.90 Å². The molecule has 240 valence electrons. The van der Waals surface area contributed by atoms with E-state index in [0.29, 0.717) is 28.3 Å². The topological polar surface area (TPSA) is 65.1 Å². The van der Waals surface area contributed by atoms with Gasteiger partial charge in [-0.1, -0.05) is 78.9 Å². The third-order valence-corrected chi connectivity index (χ3v) is 8.42. The van der Waals surface area contributed by atoms with Gasteiger partial charge in [0.1, 0.15) is 34.5 Å². The fraction of sp³-hybridized carbons (Fsp3) is 0. The lowest BCUT2D eigenvalue weighted by Crippen LogP contribution is -2.29. The standard InChI is InChI=1S/C44H29NO5/c46-43-41-8-4-5-9-42(41)44(47)45(43)34-18-28-40(29-19-34)50-39-26-16-33(17-27-39)32-14-24-38(25-15-32)49-37-22-12-31(13-23-37)30-10-20-36(21-11-30)48-35-6-2-1-3-7-35/h1-29H. The van der Waals surface area contributed by atoms with Gasteiger partial charge in [0.2, 0.25) is 0 Å². The van der Waals surface area contributed by atoms with Crippen LogP contribution in [0.2, 0.25) is 0 Å². The zero-order valence-corrected chi connectivity index (χ0v) is 26.7. The van der Waals surface area contributed by atoms with Crippen LogP contribution in [0, 0.1) is 0 Å². The van der Waals surface area contributed by atoms with Crippen molar-refractivity contribution in [2.45, 2.75) is 0 Å². The molecule has 1 aliphatic rings. The molecule has 0 radical (unpaired) electrons. The smallest absolute Gasteiger partial charge is 0.266 e. The van der Waals surface area contributed by atoms with Crippen molar-refractivity contribution in [3.05, 3.63) is 187 Å². The van der Waals surface area contributed by atoms with Crippen molar-refractivity contribution >= 4 is 17.5 Å². The Morgan fingerprint density at radius 1 is 0.300 bits per heavy atom. The number of amides is 2. The van der Waals surface area contributed by atoms with Gasteiger partial charge in [0.05, 0.1) is 16.8 Å². The Morgan fingerprint density at radius 3 is 0.920 bits per heavy atom. The molecule has 0 atom stereocenters. The van der Waals surface area contributed by atoms with Gasteiger partial charge in [0.25, 0.3) is 11.8 Å². The van der Waals surface area contributed by atoms with Gasteiger partial charge in [0, 0.05) is 0 Å². The lowest BCUT2D eigenvalue weighted by Gasteiger charge is -2.14. The maximum Gasteiger partial charge on any atom is 0.266 e. The molecule has 0 bridgehead atoms. The summed E-state index contributed by atoms with van der Waals surface area (Å²) in [4.78, 5) is 26.8. The van der Waals surface area contributed by atoms with Crippen molar-refractivity contribution in [1.29, 1.82) is 0 Å². The molecule has 1 heterocycles. The SMILES string of the molecule is O=C1c2ccccc2C(=O)N1c1ccc(Oc2ccc(-c3ccc(Oc4ccc(-c5ccc(Oc6ccccc6)cc5)cc4)cc3)cc2)cc1. The monoisotopic (exact) mass is 651 g/mol. The summed E-state index contributed by atoms with van der Waals surface area (Å²) in [5.74, 6) is 3.72. The number of para-hydroxylation sites is 1. The first-order valence-corrected chi connectivity index (χ1v) is 16.1. The predicted octanol–water partition coefficient (Wildman–Crippen LogP) is 11.2. The van der Waals surface area contributed by atoms with Crippen LogP contribution < -0.4 is 19.1 Å². The minimum Gasteiger partial charge on any atom is -0.457 e. The van der Waals surface area contributed by atoms with Crippen LogP contribution in [0.15, 0.2) is 176 Å². The van der Waals surface area contributed by atoms with Crippen molar-refractivity contribution in [2.75, 3.05) is 4.90 Å². The molecule has 0 unspecified atom stereocenters. The van der Waals surface area contributed by atoms with E-state index < -0.39 is 0 Å². The van der Waals surface area contributed by atoms with E-state index in [1.54, 1.807) is 48.5 Å². The number of imide groups is 1. The molecule has 0 fully saturated rings. The molecular formula is C44H29NO5. The Balaban J connectivity index is 0.861. The average molecular weight is 652 g/mol. The summed E-state index contributed by atoms with van der Waals surface area (Å²) < 4.78 is 18.1. The third kappa shape index (κ3) is 6.33. The largest absolute Gasteiger partial charge is 0.457 e. The van der Waals surface area contributed by atoms with Gasteiger partial charge >= 0.3 is 0 Å². The molecule has 7 aromatic rings. The first-order valence-electron chi connectivity index (χ1n) is 16.1. The fourth-order valence-electron chi connectivity index (χ4n) is 5.85. The molecule has 6 nitrogen and oxygen atoms in total. The molecule has 7 aromatic carbocycles. The first-order chi connectivity index (χ1) is 24.6. The summed E-state index contributed by atoms with van der Waals surface area (Å²) in [7, 11) is 0. The maximum atomic E-state index is 12.8. The van der Waals surface area contributed by atoms with Gasteiger partial charge in [0.15, 0.2) is 0 Å². The van der Waals surface area contributed by atoms with Crippen molar-refractivity contribution in [3.8, 4) is 56.8 Å². The number of nitrogens with zero attached hydrogens (tertiary/aromatic N) is 1. The number of carbonyl (C=O) groups is 2. The van der Waals surface area contributed by atoms with Crippen LogP contribution >= 0.6 is 0 Å². The Kier molecular flexibility index (Phi) is 8.09. The molecule has 8 rings (SSSR count). The van der Waals surface area contributed by atoms with E-state index >= 15 is 0 Å². The second-order valence-corrected chi connectivity index (χ2v) is 11.7. The number of benzene rings is 7. The van der Waals surface area contributed by atoms with Crippen molar-refractivity contribution in [1.82, 2.24) is 0 Å². The Bertz CT molecular complexity index is 2250. The van der Waals surface area contributed by atoms with Crippen LogP contribution in [0.25, 0.3) is 22.3 Å². The molecule has 0 spiro atoms. The van der Waals surface area contributed by atoms with E-state index in [-0.39, 0.29) is 11.8 Å². The van der Waals surface area contributed by atoms with Crippen LogP contribution in [-0.2, 0) is 0 Å². The summed E-state index contributed by atoms with van der Waals surface area (Å²) >= 11 is 0. The van der Waals surface area contributed by atoms with Crippen LogP contribution in [0.4, 0.5) is 5.69 Å². The Hall–Kier alpha value is -6.92. The quantitative estimate of drug-likeness (QED) is 0.145. The highest BCUT2D eigenvalue weighted by Gasteiger charge is 2.36. The molecular weight excluding hydrogens is 622 g/mol. The highest BCUT2D eigenvalue weighted by atomic mass is 16.5.